The lowest BCUT2D eigenvalue weighted by Gasteiger charge is -2.49. The summed E-state index contributed by atoms with van der Waals surface area (Å²) in [6.07, 6.45) is 20.6. The van der Waals surface area contributed by atoms with Crippen LogP contribution in [0.15, 0.2) is 60.2 Å². The van der Waals surface area contributed by atoms with Crippen LogP contribution >= 0.6 is 0 Å². The molecular formula is C50H66O11. The van der Waals surface area contributed by atoms with Crippen LogP contribution in [-0.2, 0) is 27.2 Å². The Balaban J connectivity index is 1.75. The maximum Gasteiger partial charge on any atom is 0.336 e. The molecule has 11 nitrogen and oxygen atoms in total. The van der Waals surface area contributed by atoms with Gasteiger partial charge in [-0.15, -0.1) is 0 Å². The number of ether oxygens (including phenoxy) is 1. The number of hydrogen-bond acceptors (Lipinski definition) is 7. The molecule has 4 unspecified atom stereocenters. The number of cyclic esters (lactones) is 2. The minimum Gasteiger partial charge on any atom is -0.478 e. The molecule has 2 aliphatic rings. The predicted molar refractivity (Wildman–Crippen MR) is 233 cm³/mol. The molecule has 332 valence electrons. The summed E-state index contributed by atoms with van der Waals surface area (Å²) in [4.78, 5) is 76.1. The summed E-state index contributed by atoms with van der Waals surface area (Å²) in [5.41, 5.74) is -1.90. The fourth-order valence-electron chi connectivity index (χ4n) is 9.77. The summed E-state index contributed by atoms with van der Waals surface area (Å²) in [7, 11) is 0. The van der Waals surface area contributed by atoms with Gasteiger partial charge >= 0.3 is 35.8 Å². The zero-order valence-corrected chi connectivity index (χ0v) is 36.9. The number of hydrogen-bond donors (Lipinski definition) is 4. The van der Waals surface area contributed by atoms with Crippen molar-refractivity contribution in [2.24, 2.45) is 34.0 Å². The van der Waals surface area contributed by atoms with Crippen LogP contribution in [0.1, 0.15) is 184 Å². The van der Waals surface area contributed by atoms with E-state index in [0.29, 0.717) is 30.4 Å². The number of fused-ring (bicyclic) bond motifs is 1. The number of unbranched alkanes of at least 4 members (excludes halogenated alkanes) is 10. The molecule has 0 saturated carbocycles. The smallest absolute Gasteiger partial charge is 0.336 e. The van der Waals surface area contributed by atoms with E-state index in [-0.39, 0.29) is 34.1 Å². The second-order valence-electron chi connectivity index (χ2n) is 18.3. The fourth-order valence-corrected chi connectivity index (χ4v) is 9.77. The average molecular weight is 843 g/mol. The van der Waals surface area contributed by atoms with Gasteiger partial charge in [0, 0.05) is 0 Å². The standard InChI is InChI=1S/C50H66O11/c1-7-9-11-13-15-17-19-34(27-32-21-23-37(42(51)52)39(29-32)44(55)56)48(3,4)35-25-26-50(41(31-35)46(59)61-47(50)60)49(5,6)36(20-18-16-14-12-10-8-2)28-33-22-24-38(43(53)54)40(30-33)45(57)58/h21-26,29-31,34,36,41H,7-20,27-28H2,1-6H3,(H,51,52)(H,53,54)(H,55,56)(H,57,58). The quantitative estimate of drug-likeness (QED) is 0.0400. The number of allylic oxidation sites excluding steroid dienone is 2. The van der Waals surface area contributed by atoms with E-state index in [0.717, 1.165) is 89.0 Å². The molecule has 0 amide bonds. The zero-order valence-electron chi connectivity index (χ0n) is 36.9. The highest BCUT2D eigenvalue weighted by Gasteiger charge is 2.65. The van der Waals surface area contributed by atoms with Crippen molar-refractivity contribution in [2.45, 2.75) is 144 Å². The predicted octanol–water partition coefficient (Wildman–Crippen LogP) is 11.2. The van der Waals surface area contributed by atoms with Crippen molar-refractivity contribution in [1.29, 1.82) is 0 Å². The van der Waals surface area contributed by atoms with Gasteiger partial charge in [0.15, 0.2) is 0 Å². The molecule has 0 bridgehead atoms. The van der Waals surface area contributed by atoms with Crippen molar-refractivity contribution in [1.82, 2.24) is 0 Å². The Hall–Kier alpha value is -5.06. The first-order chi connectivity index (χ1) is 28.8. The molecule has 2 aromatic carbocycles. The second-order valence-corrected chi connectivity index (χ2v) is 18.3. The summed E-state index contributed by atoms with van der Waals surface area (Å²) in [6.45, 7) is 12.5. The van der Waals surface area contributed by atoms with Gasteiger partial charge in [0.25, 0.3) is 0 Å². The Morgan fingerprint density at radius 1 is 0.623 bits per heavy atom. The van der Waals surface area contributed by atoms with Gasteiger partial charge in [-0.3, -0.25) is 9.59 Å². The number of carboxylic acid groups (broad SMARTS) is 4. The molecule has 0 radical (unpaired) electrons. The van der Waals surface area contributed by atoms with Crippen LogP contribution in [0.2, 0.25) is 0 Å². The number of esters is 2. The summed E-state index contributed by atoms with van der Waals surface area (Å²) in [5.74, 6) is -7.85. The normalized spacial score (nSPS) is 18.6. The van der Waals surface area contributed by atoms with Crippen LogP contribution < -0.4 is 0 Å². The maximum absolute atomic E-state index is 14.2. The van der Waals surface area contributed by atoms with Gasteiger partial charge in [0.2, 0.25) is 0 Å². The lowest BCUT2D eigenvalue weighted by molar-refractivity contribution is -0.157. The molecule has 4 N–H and O–H groups in total. The third-order valence-corrected chi connectivity index (χ3v) is 13.9. The highest BCUT2D eigenvalue weighted by Crippen LogP contribution is 2.60. The maximum atomic E-state index is 14.2. The molecule has 4 rings (SSSR count). The third kappa shape index (κ3) is 11.1. The van der Waals surface area contributed by atoms with E-state index in [1.54, 1.807) is 12.1 Å². The van der Waals surface area contributed by atoms with Crippen LogP contribution in [0, 0.1) is 34.0 Å². The molecule has 1 fully saturated rings. The zero-order chi connectivity index (χ0) is 45.1. The van der Waals surface area contributed by atoms with Crippen LogP contribution in [0.4, 0.5) is 0 Å². The summed E-state index contributed by atoms with van der Waals surface area (Å²) in [5, 5.41) is 39.1. The number of carboxylic acids is 4. The topological polar surface area (TPSA) is 193 Å². The van der Waals surface area contributed by atoms with Gasteiger partial charge in [0.05, 0.1) is 28.2 Å². The van der Waals surface area contributed by atoms with Gasteiger partial charge in [-0.05, 0) is 89.3 Å². The molecule has 1 aliphatic heterocycles. The van der Waals surface area contributed by atoms with Crippen LogP contribution in [0.3, 0.4) is 0 Å². The average Bonchev–Trinajstić information content (AvgIpc) is 3.48. The highest BCUT2D eigenvalue weighted by atomic mass is 16.6. The molecule has 61 heavy (non-hydrogen) atoms. The summed E-state index contributed by atoms with van der Waals surface area (Å²) in [6, 6.07) is 8.80. The molecule has 0 spiro atoms. The number of carbonyl (C=O) groups is 6. The number of rotatable bonds is 26. The molecule has 2 aromatic rings. The van der Waals surface area contributed by atoms with Crippen LogP contribution in [0.5, 0.6) is 0 Å². The molecule has 0 aromatic heterocycles. The molecule has 4 atom stereocenters. The Morgan fingerprint density at radius 2 is 1.05 bits per heavy atom. The molecule has 1 saturated heterocycles. The van der Waals surface area contributed by atoms with Crippen LogP contribution in [0.25, 0.3) is 0 Å². The first-order valence-corrected chi connectivity index (χ1v) is 22.2. The lowest BCUT2D eigenvalue weighted by atomic mass is 9.51. The van der Waals surface area contributed by atoms with Crippen molar-refractivity contribution >= 4 is 35.8 Å². The first-order valence-electron chi connectivity index (χ1n) is 22.2. The monoisotopic (exact) mass is 842 g/mol. The lowest BCUT2D eigenvalue weighted by Crippen LogP contribution is -2.50. The number of carbonyl (C=O) groups excluding carboxylic acids is 2. The van der Waals surface area contributed by atoms with Crippen molar-refractivity contribution in [2.75, 3.05) is 0 Å². The summed E-state index contributed by atoms with van der Waals surface area (Å²) < 4.78 is 5.54. The molecule has 1 aliphatic carbocycles. The van der Waals surface area contributed by atoms with E-state index in [4.69, 9.17) is 4.74 Å². The summed E-state index contributed by atoms with van der Waals surface area (Å²) >= 11 is 0. The largest absolute Gasteiger partial charge is 0.478 e. The van der Waals surface area contributed by atoms with Gasteiger partial charge in [-0.1, -0.05) is 149 Å². The van der Waals surface area contributed by atoms with Crippen molar-refractivity contribution in [3.8, 4) is 0 Å². The van der Waals surface area contributed by atoms with E-state index in [9.17, 15) is 49.2 Å². The van der Waals surface area contributed by atoms with E-state index in [1.165, 1.54) is 24.3 Å². The molecule has 1 heterocycles. The van der Waals surface area contributed by atoms with E-state index >= 15 is 0 Å². The minimum atomic E-state index is -1.38. The Kier molecular flexibility index (Phi) is 16.9. The minimum absolute atomic E-state index is 0.0572. The van der Waals surface area contributed by atoms with Gasteiger partial charge < -0.3 is 25.2 Å². The fraction of sp³-hybridized carbons (Fsp3) is 0.560. The van der Waals surface area contributed by atoms with E-state index in [2.05, 4.69) is 27.7 Å². The Morgan fingerprint density at radius 3 is 1.51 bits per heavy atom. The Bertz CT molecular complexity index is 2000. The van der Waals surface area contributed by atoms with Crippen molar-refractivity contribution in [3.63, 3.8) is 0 Å². The van der Waals surface area contributed by atoms with Crippen molar-refractivity contribution < 1.29 is 53.9 Å². The van der Waals surface area contributed by atoms with Gasteiger partial charge in [-0.25, -0.2) is 19.2 Å². The third-order valence-electron chi connectivity index (χ3n) is 13.9. The highest BCUT2D eigenvalue weighted by molar-refractivity contribution is 6.03. The molecule has 11 heteroatoms. The first kappa shape index (κ1) is 48.6. The SMILES string of the molecule is CCCCCCCCC(Cc1ccc(C(=O)O)c(C(=O)O)c1)C(C)(C)C1=CC2C(=O)OC(=O)C2(C(C)(C)C(CCCCCCCC)Cc2ccc(C(=O)O)c(C(=O)O)c2)C=C1. The number of aromatic carboxylic acids is 4. The van der Waals surface area contributed by atoms with Gasteiger partial charge in [0.1, 0.15) is 5.41 Å². The van der Waals surface area contributed by atoms with Gasteiger partial charge in [-0.2, -0.15) is 0 Å². The van der Waals surface area contributed by atoms with E-state index in [1.807, 2.05) is 32.1 Å². The van der Waals surface area contributed by atoms with E-state index < -0.39 is 58.0 Å². The number of benzene rings is 2. The second kappa shape index (κ2) is 21.1. The Labute approximate surface area is 360 Å². The molecular weight excluding hydrogens is 777 g/mol. The van der Waals surface area contributed by atoms with Crippen molar-refractivity contribution in [3.05, 3.63) is 93.6 Å². The van der Waals surface area contributed by atoms with Crippen LogP contribution in [-0.4, -0.2) is 56.2 Å².